The van der Waals surface area contributed by atoms with Gasteiger partial charge in [-0.1, -0.05) is 25.7 Å². The summed E-state index contributed by atoms with van der Waals surface area (Å²) in [5.41, 5.74) is 9.81. The Balaban J connectivity index is 1.68. The van der Waals surface area contributed by atoms with Crippen LogP contribution in [0.4, 0.5) is 0 Å². The third-order valence-corrected chi connectivity index (χ3v) is 10.7. The Labute approximate surface area is 293 Å². The van der Waals surface area contributed by atoms with Crippen molar-refractivity contribution in [3.63, 3.8) is 0 Å². The Morgan fingerprint density at radius 1 is 0.560 bits per heavy atom. The minimum Gasteiger partial charge on any atom is -0.495 e. The van der Waals surface area contributed by atoms with E-state index in [2.05, 4.69) is 4.90 Å². The molecule has 266 valence electrons. The molecule has 10 heteroatoms. The Hall–Kier alpha value is -4.86. The molecule has 0 bridgehead atoms. The molecule has 2 N–H and O–H groups in total. The van der Waals surface area contributed by atoms with Crippen molar-refractivity contribution in [1.82, 2.24) is 4.90 Å². The molecule has 0 spiro atoms. The summed E-state index contributed by atoms with van der Waals surface area (Å²) in [5, 5.41) is 2.63. The quantitative estimate of drug-likeness (QED) is 0.170. The molecular formula is C40H48N2O8. The average Bonchev–Trinajstić information content (AvgIpc) is 3.85. The second-order valence-corrected chi connectivity index (χ2v) is 13.3. The zero-order chi connectivity index (χ0) is 35.9. The van der Waals surface area contributed by atoms with E-state index in [4.69, 9.17) is 34.2 Å². The van der Waals surface area contributed by atoms with Gasteiger partial charge >= 0.3 is 0 Å². The topological polar surface area (TPSA) is 119 Å². The van der Waals surface area contributed by atoms with Gasteiger partial charge in [-0.15, -0.1) is 0 Å². The molecular weight excluding hydrogens is 636 g/mol. The summed E-state index contributed by atoms with van der Waals surface area (Å²) in [6, 6.07) is 8.01. The number of fused-ring (bicyclic) bond motifs is 2. The van der Waals surface area contributed by atoms with Crippen molar-refractivity contribution in [2.24, 2.45) is 5.73 Å². The van der Waals surface area contributed by atoms with Crippen LogP contribution in [0.1, 0.15) is 83.2 Å². The minimum absolute atomic E-state index is 0.0294. The molecule has 0 saturated heterocycles. The first kappa shape index (κ1) is 35.0. The highest BCUT2D eigenvalue weighted by Gasteiger charge is 2.38. The third-order valence-electron chi connectivity index (χ3n) is 10.7. The number of carbonyl (C=O) groups is 2. The van der Waals surface area contributed by atoms with E-state index in [0.29, 0.717) is 50.5 Å². The average molecular weight is 685 g/mol. The molecule has 4 aromatic rings. The van der Waals surface area contributed by atoms with E-state index < -0.39 is 5.91 Å². The van der Waals surface area contributed by atoms with Crippen molar-refractivity contribution in [1.29, 1.82) is 0 Å². The molecule has 0 heterocycles. The first-order valence-electron chi connectivity index (χ1n) is 17.3. The minimum atomic E-state index is -0.651. The van der Waals surface area contributed by atoms with Crippen molar-refractivity contribution in [2.75, 3.05) is 42.7 Å². The van der Waals surface area contributed by atoms with Crippen LogP contribution in [-0.2, 0) is 0 Å². The monoisotopic (exact) mass is 684 g/mol. The molecule has 0 aliphatic heterocycles. The van der Waals surface area contributed by atoms with Crippen LogP contribution in [0.2, 0.25) is 0 Å². The molecule has 6 rings (SSSR count). The molecule has 0 unspecified atom stereocenters. The zero-order valence-electron chi connectivity index (χ0n) is 30.4. The number of amides is 2. The van der Waals surface area contributed by atoms with Crippen molar-refractivity contribution in [2.45, 2.75) is 77.3 Å². The van der Waals surface area contributed by atoms with Gasteiger partial charge in [0.15, 0.2) is 23.0 Å². The standard InChI is InChI=1S/C40H48N2O8/c1-21-17-25-27(19-29(45-3)37(49-7)33(25)39(41)43)35(47-5)31(21)32-22(2)18-26-28(36(32)48-6)20-30(46-4)38(50-8)34(26)40(44)42(23-13-9-10-14-23)24-15-11-12-16-24/h17-20,23-24H,9-16H2,1-8H3,(H2,41,43). The summed E-state index contributed by atoms with van der Waals surface area (Å²) in [6.45, 7) is 3.95. The smallest absolute Gasteiger partial charge is 0.258 e. The van der Waals surface area contributed by atoms with Crippen molar-refractivity contribution in [3.05, 3.63) is 46.5 Å². The van der Waals surface area contributed by atoms with Crippen LogP contribution in [-0.4, -0.2) is 71.5 Å². The van der Waals surface area contributed by atoms with Gasteiger partial charge in [0.2, 0.25) is 0 Å². The number of primary amides is 1. The number of carbonyl (C=O) groups excluding carboxylic acids is 2. The Morgan fingerprint density at radius 3 is 1.30 bits per heavy atom. The fourth-order valence-electron chi connectivity index (χ4n) is 8.52. The van der Waals surface area contributed by atoms with Crippen LogP contribution in [0.25, 0.3) is 32.7 Å². The lowest BCUT2D eigenvalue weighted by molar-refractivity contribution is 0.0578. The lowest BCUT2D eigenvalue weighted by Crippen LogP contribution is -2.45. The van der Waals surface area contributed by atoms with Crippen LogP contribution in [0, 0.1) is 13.8 Å². The van der Waals surface area contributed by atoms with Gasteiger partial charge in [-0.05, 0) is 74.9 Å². The molecule has 50 heavy (non-hydrogen) atoms. The fraction of sp³-hybridized carbons (Fsp3) is 0.450. The SMILES string of the molecule is COc1cc2c(OC)c(-c3c(C)cc4c(C(=O)N(C5CCCC5)C5CCCC5)c(OC)c(OC)cc4c3OC)c(C)cc2c(C(N)=O)c1OC. The summed E-state index contributed by atoms with van der Waals surface area (Å²) < 4.78 is 35.5. The van der Waals surface area contributed by atoms with E-state index >= 15 is 4.79 Å². The molecule has 2 saturated carbocycles. The van der Waals surface area contributed by atoms with Gasteiger partial charge in [-0.2, -0.15) is 0 Å². The Kier molecular flexibility index (Phi) is 9.91. The molecule has 10 nitrogen and oxygen atoms in total. The van der Waals surface area contributed by atoms with Gasteiger partial charge in [-0.3, -0.25) is 9.59 Å². The van der Waals surface area contributed by atoms with Crippen molar-refractivity contribution < 1.29 is 38.0 Å². The summed E-state index contributed by atoms with van der Waals surface area (Å²) in [6.07, 6.45) is 8.53. The van der Waals surface area contributed by atoms with Crippen LogP contribution in [0.3, 0.4) is 0 Å². The lowest BCUT2D eigenvalue weighted by Gasteiger charge is -2.35. The van der Waals surface area contributed by atoms with Crippen LogP contribution < -0.4 is 34.2 Å². The van der Waals surface area contributed by atoms with Gasteiger partial charge < -0.3 is 39.1 Å². The van der Waals surface area contributed by atoms with E-state index in [9.17, 15) is 4.79 Å². The maximum absolute atomic E-state index is 15.0. The third kappa shape index (κ3) is 5.58. The second-order valence-electron chi connectivity index (χ2n) is 13.3. The first-order valence-corrected chi connectivity index (χ1v) is 17.3. The van der Waals surface area contributed by atoms with Crippen molar-refractivity contribution in [3.8, 4) is 45.6 Å². The maximum Gasteiger partial charge on any atom is 0.258 e. The number of methoxy groups -OCH3 is 6. The molecule has 0 radical (unpaired) electrons. The Bertz CT molecular complexity index is 1960. The van der Waals surface area contributed by atoms with Gasteiger partial charge in [0.05, 0.1) is 53.8 Å². The highest BCUT2D eigenvalue weighted by Crippen LogP contribution is 2.52. The zero-order valence-corrected chi connectivity index (χ0v) is 30.4. The maximum atomic E-state index is 15.0. The molecule has 4 aromatic carbocycles. The summed E-state index contributed by atoms with van der Waals surface area (Å²) in [4.78, 5) is 30.0. The normalized spacial score (nSPS) is 15.0. The van der Waals surface area contributed by atoms with E-state index in [0.717, 1.165) is 79.0 Å². The lowest BCUT2D eigenvalue weighted by atomic mass is 9.87. The van der Waals surface area contributed by atoms with E-state index in [1.165, 1.54) is 14.2 Å². The number of nitrogens with zero attached hydrogens (tertiary/aromatic N) is 1. The molecule has 2 amide bonds. The number of hydrogen-bond donors (Lipinski definition) is 1. The predicted octanol–water partition coefficient (Wildman–Crippen LogP) is 7.75. The van der Waals surface area contributed by atoms with Crippen LogP contribution in [0.15, 0.2) is 24.3 Å². The predicted molar refractivity (Wildman–Crippen MR) is 195 cm³/mol. The molecule has 0 aromatic heterocycles. The number of nitrogens with two attached hydrogens (primary N) is 1. The highest BCUT2D eigenvalue weighted by atomic mass is 16.5. The van der Waals surface area contributed by atoms with Crippen LogP contribution >= 0.6 is 0 Å². The first-order chi connectivity index (χ1) is 24.1. The van der Waals surface area contributed by atoms with Gasteiger partial charge in [0.1, 0.15) is 11.5 Å². The molecule has 2 fully saturated rings. The second kappa shape index (κ2) is 14.2. The number of hydrogen-bond acceptors (Lipinski definition) is 8. The van der Waals surface area contributed by atoms with Gasteiger partial charge in [-0.25, -0.2) is 0 Å². The van der Waals surface area contributed by atoms with Crippen molar-refractivity contribution >= 4 is 33.4 Å². The van der Waals surface area contributed by atoms with Crippen LogP contribution in [0.5, 0.6) is 34.5 Å². The summed E-state index contributed by atoms with van der Waals surface area (Å²) in [5.74, 6) is 1.84. The number of rotatable bonds is 11. The highest BCUT2D eigenvalue weighted by molar-refractivity contribution is 6.16. The van der Waals surface area contributed by atoms with E-state index in [1.807, 2.05) is 32.0 Å². The number of ether oxygens (including phenoxy) is 6. The van der Waals surface area contributed by atoms with Gasteiger partial charge in [0, 0.05) is 44.8 Å². The summed E-state index contributed by atoms with van der Waals surface area (Å²) >= 11 is 0. The summed E-state index contributed by atoms with van der Waals surface area (Å²) in [7, 11) is 9.36. The fourth-order valence-corrected chi connectivity index (χ4v) is 8.52. The Morgan fingerprint density at radius 2 is 0.940 bits per heavy atom. The van der Waals surface area contributed by atoms with E-state index in [-0.39, 0.29) is 29.3 Å². The number of aryl methyl sites for hydroxylation is 2. The number of benzene rings is 4. The molecule has 2 aliphatic carbocycles. The molecule has 0 atom stereocenters. The largest absolute Gasteiger partial charge is 0.495 e. The van der Waals surface area contributed by atoms with E-state index in [1.54, 1.807) is 34.5 Å². The molecule has 2 aliphatic rings. The van der Waals surface area contributed by atoms with Gasteiger partial charge in [0.25, 0.3) is 11.8 Å².